The summed E-state index contributed by atoms with van der Waals surface area (Å²) in [5.41, 5.74) is 0. The largest absolute Gasteiger partial charge is 0.457 e. The number of esters is 2. The van der Waals surface area contributed by atoms with Crippen LogP contribution in [0.15, 0.2) is 0 Å². The Morgan fingerprint density at radius 2 is 1.89 bits per heavy atom. The molecule has 1 heterocycles. The first-order valence-corrected chi connectivity index (χ1v) is 5.33. The summed E-state index contributed by atoms with van der Waals surface area (Å²) in [6.45, 7) is 1.65. The summed E-state index contributed by atoms with van der Waals surface area (Å²) in [6.07, 6.45) is -6.54. The van der Waals surface area contributed by atoms with Crippen molar-refractivity contribution in [2.45, 2.75) is 44.6 Å². The third-order valence-electron chi connectivity index (χ3n) is 2.42. The zero-order chi connectivity index (χ0) is 13.9. The molecular weight excluding hydrogens is 248 g/mol. The topological polar surface area (TPSA) is 123 Å². The van der Waals surface area contributed by atoms with Crippen LogP contribution in [-0.2, 0) is 23.8 Å². The van der Waals surface area contributed by atoms with Crippen molar-refractivity contribution in [3.8, 4) is 0 Å². The van der Waals surface area contributed by atoms with E-state index in [1.54, 1.807) is 0 Å². The summed E-state index contributed by atoms with van der Waals surface area (Å²) in [5, 5.41) is 28.3. The molecule has 0 bridgehead atoms. The van der Waals surface area contributed by atoms with Crippen LogP contribution in [0.25, 0.3) is 0 Å². The Labute approximate surface area is 103 Å². The highest BCUT2D eigenvalue weighted by atomic mass is 16.7. The number of aliphatic hydroxyl groups is 3. The molecule has 1 saturated heterocycles. The van der Waals surface area contributed by atoms with Crippen molar-refractivity contribution in [3.05, 3.63) is 0 Å². The average Bonchev–Trinajstić information content (AvgIpc) is 2.53. The molecule has 104 valence electrons. The van der Waals surface area contributed by atoms with Gasteiger partial charge in [0.1, 0.15) is 12.2 Å². The molecule has 0 radical (unpaired) electrons. The number of ether oxygens (including phenoxy) is 3. The van der Waals surface area contributed by atoms with Gasteiger partial charge >= 0.3 is 11.9 Å². The first kappa shape index (κ1) is 14.8. The summed E-state index contributed by atoms with van der Waals surface area (Å²) < 4.78 is 14.3. The summed E-state index contributed by atoms with van der Waals surface area (Å²) in [6, 6.07) is 0. The van der Waals surface area contributed by atoms with Crippen molar-refractivity contribution in [3.63, 3.8) is 0 Å². The molecule has 8 nitrogen and oxygen atoms in total. The summed E-state index contributed by atoms with van der Waals surface area (Å²) in [5.74, 6) is -1.37. The van der Waals surface area contributed by atoms with E-state index in [-0.39, 0.29) is 0 Å². The Morgan fingerprint density at radius 1 is 1.28 bits per heavy atom. The second kappa shape index (κ2) is 6.10. The van der Waals surface area contributed by atoms with Gasteiger partial charge in [0.05, 0.1) is 6.61 Å². The van der Waals surface area contributed by atoms with Crippen molar-refractivity contribution in [2.24, 2.45) is 0 Å². The minimum atomic E-state index is -1.54. The van der Waals surface area contributed by atoms with E-state index in [2.05, 4.69) is 4.74 Å². The highest BCUT2D eigenvalue weighted by molar-refractivity contribution is 5.66. The quantitative estimate of drug-likeness (QED) is 0.494. The van der Waals surface area contributed by atoms with Crippen LogP contribution in [-0.4, -0.2) is 64.6 Å². The molecule has 1 aliphatic rings. The highest BCUT2D eigenvalue weighted by Gasteiger charge is 2.49. The van der Waals surface area contributed by atoms with E-state index in [0.29, 0.717) is 0 Å². The minimum absolute atomic E-state index is 0.596. The summed E-state index contributed by atoms with van der Waals surface area (Å²) in [4.78, 5) is 21.6. The van der Waals surface area contributed by atoms with Crippen molar-refractivity contribution in [1.29, 1.82) is 0 Å². The molecule has 0 spiro atoms. The summed E-state index contributed by atoms with van der Waals surface area (Å²) in [7, 11) is 0. The SMILES string of the molecule is CC(=O)O[C@H](CO)[C@@H]1O[C@@H](O)[C@@H](OC(C)=O)C1O. The van der Waals surface area contributed by atoms with Gasteiger partial charge in [-0.25, -0.2) is 0 Å². The molecule has 1 aliphatic heterocycles. The van der Waals surface area contributed by atoms with Gasteiger partial charge in [0.15, 0.2) is 18.5 Å². The van der Waals surface area contributed by atoms with Crippen LogP contribution in [0.5, 0.6) is 0 Å². The zero-order valence-electron chi connectivity index (χ0n) is 9.98. The van der Waals surface area contributed by atoms with Crippen LogP contribution < -0.4 is 0 Å². The monoisotopic (exact) mass is 264 g/mol. The first-order valence-electron chi connectivity index (χ1n) is 5.33. The zero-order valence-corrected chi connectivity index (χ0v) is 9.98. The summed E-state index contributed by atoms with van der Waals surface area (Å²) >= 11 is 0. The molecule has 8 heteroatoms. The van der Waals surface area contributed by atoms with E-state index in [1.807, 2.05) is 0 Å². The van der Waals surface area contributed by atoms with Gasteiger partial charge in [-0.15, -0.1) is 0 Å². The third-order valence-corrected chi connectivity index (χ3v) is 2.42. The van der Waals surface area contributed by atoms with E-state index >= 15 is 0 Å². The number of aliphatic hydroxyl groups excluding tert-OH is 3. The van der Waals surface area contributed by atoms with E-state index in [9.17, 15) is 19.8 Å². The lowest BCUT2D eigenvalue weighted by Crippen LogP contribution is -2.43. The van der Waals surface area contributed by atoms with Gasteiger partial charge in [0, 0.05) is 13.8 Å². The van der Waals surface area contributed by atoms with Gasteiger partial charge in [0.25, 0.3) is 0 Å². The molecule has 0 amide bonds. The molecule has 3 N–H and O–H groups in total. The standard InChI is InChI=1S/C10H16O8/c1-4(12)16-6(3-11)8-7(14)9(10(15)18-8)17-5(2)13/h6-11,14-15H,3H2,1-2H3/t6-,7?,8+,9+,10-/m1/s1. The normalized spacial score (nSPS) is 32.9. The van der Waals surface area contributed by atoms with Crippen LogP contribution in [0.4, 0.5) is 0 Å². The Balaban J connectivity index is 2.73. The maximum atomic E-state index is 10.8. The molecule has 1 fully saturated rings. The van der Waals surface area contributed by atoms with E-state index < -0.39 is 49.3 Å². The second-order valence-electron chi connectivity index (χ2n) is 3.89. The van der Waals surface area contributed by atoms with Crippen molar-refractivity contribution in [1.82, 2.24) is 0 Å². The Kier molecular flexibility index (Phi) is 5.03. The Morgan fingerprint density at radius 3 is 2.33 bits per heavy atom. The lowest BCUT2D eigenvalue weighted by molar-refractivity contribution is -0.180. The molecule has 18 heavy (non-hydrogen) atoms. The molecular formula is C10H16O8. The van der Waals surface area contributed by atoms with Crippen LogP contribution in [0.2, 0.25) is 0 Å². The molecule has 0 aromatic rings. The molecule has 0 aliphatic carbocycles. The van der Waals surface area contributed by atoms with Crippen molar-refractivity contribution >= 4 is 11.9 Å². The van der Waals surface area contributed by atoms with E-state index in [0.717, 1.165) is 13.8 Å². The fourth-order valence-electron chi connectivity index (χ4n) is 1.72. The van der Waals surface area contributed by atoms with E-state index in [1.165, 1.54) is 0 Å². The van der Waals surface area contributed by atoms with Gasteiger partial charge in [-0.1, -0.05) is 0 Å². The van der Waals surface area contributed by atoms with Crippen LogP contribution in [0, 0.1) is 0 Å². The smallest absolute Gasteiger partial charge is 0.303 e. The maximum absolute atomic E-state index is 10.8. The van der Waals surface area contributed by atoms with Crippen molar-refractivity contribution < 1.29 is 39.1 Å². The molecule has 0 aromatic carbocycles. The number of hydrogen-bond donors (Lipinski definition) is 3. The lowest BCUT2D eigenvalue weighted by Gasteiger charge is -2.23. The highest BCUT2D eigenvalue weighted by Crippen LogP contribution is 2.26. The molecule has 0 saturated carbocycles. The van der Waals surface area contributed by atoms with Crippen molar-refractivity contribution in [2.75, 3.05) is 6.61 Å². The maximum Gasteiger partial charge on any atom is 0.303 e. The first-order chi connectivity index (χ1) is 8.36. The predicted octanol–water partition coefficient (Wildman–Crippen LogP) is -2.08. The fraction of sp³-hybridized carbons (Fsp3) is 0.800. The van der Waals surface area contributed by atoms with Crippen LogP contribution in [0.3, 0.4) is 0 Å². The van der Waals surface area contributed by atoms with Gasteiger partial charge in [0.2, 0.25) is 0 Å². The minimum Gasteiger partial charge on any atom is -0.457 e. The van der Waals surface area contributed by atoms with Crippen LogP contribution >= 0.6 is 0 Å². The molecule has 1 unspecified atom stereocenters. The van der Waals surface area contributed by atoms with Gasteiger partial charge < -0.3 is 29.5 Å². The Hall–Kier alpha value is -1.22. The number of hydrogen-bond acceptors (Lipinski definition) is 8. The number of carbonyl (C=O) groups excluding carboxylic acids is 2. The third kappa shape index (κ3) is 3.39. The van der Waals surface area contributed by atoms with Gasteiger partial charge in [-0.3, -0.25) is 9.59 Å². The van der Waals surface area contributed by atoms with Crippen LogP contribution in [0.1, 0.15) is 13.8 Å². The fourth-order valence-corrected chi connectivity index (χ4v) is 1.72. The number of rotatable bonds is 4. The van der Waals surface area contributed by atoms with Gasteiger partial charge in [-0.05, 0) is 0 Å². The van der Waals surface area contributed by atoms with Gasteiger partial charge in [-0.2, -0.15) is 0 Å². The molecule has 1 rings (SSSR count). The Bertz CT molecular complexity index is 317. The average molecular weight is 264 g/mol. The second-order valence-corrected chi connectivity index (χ2v) is 3.89. The number of carbonyl (C=O) groups is 2. The molecule has 5 atom stereocenters. The van der Waals surface area contributed by atoms with E-state index in [4.69, 9.17) is 14.6 Å². The lowest BCUT2D eigenvalue weighted by atomic mass is 10.1. The molecule has 0 aromatic heterocycles. The predicted molar refractivity (Wildman–Crippen MR) is 55.1 cm³/mol.